The number of amides is 1. The highest BCUT2D eigenvalue weighted by atomic mass is 28.4. The second-order valence-corrected chi connectivity index (χ2v) is 16.2. The first-order chi connectivity index (χ1) is 15.0. The molecule has 3 aliphatic rings. The van der Waals surface area contributed by atoms with Gasteiger partial charge in [0.05, 0.1) is 31.0 Å². The Morgan fingerprint density at radius 2 is 1.94 bits per heavy atom. The van der Waals surface area contributed by atoms with Gasteiger partial charge in [-0.05, 0) is 55.3 Å². The van der Waals surface area contributed by atoms with Crippen LogP contribution in [0, 0.1) is 5.41 Å². The van der Waals surface area contributed by atoms with Crippen molar-refractivity contribution in [3.05, 3.63) is 17.7 Å². The lowest BCUT2D eigenvalue weighted by Gasteiger charge is -2.41. The summed E-state index contributed by atoms with van der Waals surface area (Å²) in [7, 11) is -0.428. The predicted molar refractivity (Wildman–Crippen MR) is 130 cm³/mol. The maximum Gasteiger partial charge on any atom is 0.256 e. The van der Waals surface area contributed by atoms with Crippen LogP contribution in [0.25, 0.3) is 0 Å². The molecule has 1 aromatic rings. The van der Waals surface area contributed by atoms with Crippen molar-refractivity contribution < 1.29 is 18.7 Å². The van der Waals surface area contributed by atoms with Crippen molar-refractivity contribution >= 4 is 19.9 Å². The van der Waals surface area contributed by atoms with Crippen LogP contribution in [0.5, 0.6) is 11.5 Å². The summed E-state index contributed by atoms with van der Waals surface area (Å²) in [6.45, 7) is 14.9. The van der Waals surface area contributed by atoms with Gasteiger partial charge in [-0.15, -0.1) is 0 Å². The van der Waals surface area contributed by atoms with Gasteiger partial charge in [0.15, 0.2) is 19.8 Å². The number of rotatable bonds is 7. The highest BCUT2D eigenvalue weighted by Gasteiger charge is 2.57. The van der Waals surface area contributed by atoms with E-state index in [9.17, 15) is 4.79 Å². The average Bonchev–Trinajstić information content (AvgIpc) is 3.37. The van der Waals surface area contributed by atoms with E-state index >= 15 is 0 Å². The smallest absolute Gasteiger partial charge is 0.256 e. The summed E-state index contributed by atoms with van der Waals surface area (Å²) >= 11 is 0. The fourth-order valence-corrected chi connectivity index (χ4v) is 5.79. The third-order valence-electron chi connectivity index (χ3n) is 7.93. The minimum Gasteiger partial charge on any atom is -0.493 e. The van der Waals surface area contributed by atoms with E-state index in [0.717, 1.165) is 31.5 Å². The number of ether oxygens (including phenoxy) is 2. The number of nitrogens with one attached hydrogen (secondary N) is 1. The summed E-state index contributed by atoms with van der Waals surface area (Å²) in [5, 5.41) is 3.74. The molecule has 1 saturated carbocycles. The zero-order valence-electron chi connectivity index (χ0n) is 20.8. The number of unbranched alkanes of at least 4 members (excludes halogenated alkanes) is 1. The Bertz CT molecular complexity index is 875. The van der Waals surface area contributed by atoms with E-state index in [-0.39, 0.29) is 23.2 Å². The fourth-order valence-electron chi connectivity index (χ4n) is 4.59. The summed E-state index contributed by atoms with van der Waals surface area (Å²) in [5.74, 6) is 1.35. The summed E-state index contributed by atoms with van der Waals surface area (Å²) < 4.78 is 18.5. The van der Waals surface area contributed by atoms with Gasteiger partial charge in [-0.25, -0.2) is 0 Å². The number of benzene rings is 1. The molecule has 0 bridgehead atoms. The third-order valence-corrected chi connectivity index (χ3v) is 12.4. The number of nitrogens with zero attached hydrogens (tertiary/aromatic N) is 1. The normalized spacial score (nSPS) is 24.0. The highest BCUT2D eigenvalue weighted by Crippen LogP contribution is 2.57. The first-order valence-corrected chi connectivity index (χ1v) is 15.0. The van der Waals surface area contributed by atoms with E-state index < -0.39 is 8.32 Å². The maximum absolute atomic E-state index is 13.7. The molecule has 4 rings (SSSR count). The fraction of sp³-hybridized carbons (Fsp3) is 0.720. The standard InChI is InChI=1S/C25H40N2O4Si/c1-8-9-12-30-21-14-18-17(13-20(21)29-5)23(28)27-16-25(10-11-25)15-19(27)22(26-18)31-32(6,7)24(2,3)4/h13-14,19,22,26H,8-12,15-16H2,1-7H3/t19-,22?/m0/s1. The molecule has 2 heterocycles. The minimum atomic E-state index is -2.06. The lowest BCUT2D eigenvalue weighted by atomic mass is 10.0. The second-order valence-electron chi connectivity index (χ2n) is 11.4. The summed E-state index contributed by atoms with van der Waals surface area (Å²) in [6.07, 6.45) is 5.24. The molecule has 1 aliphatic carbocycles. The molecule has 1 spiro atoms. The Morgan fingerprint density at radius 3 is 2.53 bits per heavy atom. The van der Waals surface area contributed by atoms with Gasteiger partial charge in [0.2, 0.25) is 0 Å². The Hall–Kier alpha value is -1.73. The summed E-state index contributed by atoms with van der Waals surface area (Å²) in [6, 6.07) is 3.82. The van der Waals surface area contributed by atoms with Crippen LogP contribution in [0.4, 0.5) is 5.69 Å². The molecule has 1 aromatic carbocycles. The Balaban J connectivity index is 1.72. The largest absolute Gasteiger partial charge is 0.493 e. The van der Waals surface area contributed by atoms with E-state index in [1.165, 1.54) is 12.8 Å². The van der Waals surface area contributed by atoms with Crippen LogP contribution >= 0.6 is 0 Å². The molecule has 1 unspecified atom stereocenters. The first-order valence-electron chi connectivity index (χ1n) is 12.1. The number of carbonyl (C=O) groups excluding carboxylic acids is 1. The molecule has 178 valence electrons. The van der Waals surface area contributed by atoms with Crippen LogP contribution in [-0.4, -0.2) is 51.7 Å². The van der Waals surface area contributed by atoms with Crippen LogP contribution in [-0.2, 0) is 4.43 Å². The van der Waals surface area contributed by atoms with Gasteiger partial charge in [-0.2, -0.15) is 0 Å². The van der Waals surface area contributed by atoms with Gasteiger partial charge in [0.1, 0.15) is 6.23 Å². The Morgan fingerprint density at radius 1 is 1.22 bits per heavy atom. The number of anilines is 1. The quantitative estimate of drug-likeness (QED) is 0.421. The zero-order valence-corrected chi connectivity index (χ0v) is 21.8. The highest BCUT2D eigenvalue weighted by molar-refractivity contribution is 6.74. The van der Waals surface area contributed by atoms with Gasteiger partial charge in [0, 0.05) is 12.6 Å². The molecule has 7 heteroatoms. The van der Waals surface area contributed by atoms with E-state index in [1.54, 1.807) is 7.11 Å². The van der Waals surface area contributed by atoms with E-state index in [2.05, 4.69) is 51.0 Å². The molecule has 2 fully saturated rings. The Kier molecular flexibility index (Phi) is 6.03. The topological polar surface area (TPSA) is 60.0 Å². The SMILES string of the molecule is CCCCOc1cc2c(cc1OC)C(=O)N1CC3(CC3)C[C@H]1C(O[Si](C)(C)C(C)(C)C)N2. The minimum absolute atomic E-state index is 0.0435. The number of hydrogen-bond donors (Lipinski definition) is 1. The molecule has 1 N–H and O–H groups in total. The number of fused-ring (bicyclic) bond motifs is 2. The summed E-state index contributed by atoms with van der Waals surface area (Å²) in [5.41, 5.74) is 1.72. The number of hydrogen-bond acceptors (Lipinski definition) is 5. The summed E-state index contributed by atoms with van der Waals surface area (Å²) in [4.78, 5) is 15.8. The second kappa shape index (κ2) is 8.24. The zero-order chi connectivity index (χ0) is 23.3. The molecule has 0 aromatic heterocycles. The van der Waals surface area contributed by atoms with Crippen LogP contribution < -0.4 is 14.8 Å². The molecule has 0 radical (unpaired) electrons. The number of methoxy groups -OCH3 is 1. The van der Waals surface area contributed by atoms with E-state index in [0.29, 0.717) is 29.1 Å². The average molecular weight is 461 g/mol. The first kappa shape index (κ1) is 23.4. The van der Waals surface area contributed by atoms with Gasteiger partial charge in [-0.1, -0.05) is 34.1 Å². The van der Waals surface area contributed by atoms with Crippen molar-refractivity contribution in [2.75, 3.05) is 25.6 Å². The predicted octanol–water partition coefficient (Wildman–Crippen LogP) is 5.64. The van der Waals surface area contributed by atoms with Gasteiger partial charge in [0.25, 0.3) is 5.91 Å². The molecule has 1 saturated heterocycles. The molecular weight excluding hydrogens is 420 g/mol. The third kappa shape index (κ3) is 4.26. The Labute approximate surface area is 194 Å². The van der Waals surface area contributed by atoms with Crippen LogP contribution in [0.2, 0.25) is 18.1 Å². The van der Waals surface area contributed by atoms with Crippen molar-refractivity contribution in [3.63, 3.8) is 0 Å². The lowest BCUT2D eigenvalue weighted by Crippen LogP contribution is -2.52. The van der Waals surface area contributed by atoms with Crippen LogP contribution in [0.1, 0.15) is 70.2 Å². The molecule has 2 aliphatic heterocycles. The van der Waals surface area contributed by atoms with Gasteiger partial charge >= 0.3 is 0 Å². The molecule has 1 amide bonds. The van der Waals surface area contributed by atoms with Gasteiger partial charge < -0.3 is 24.1 Å². The van der Waals surface area contributed by atoms with Crippen molar-refractivity contribution in [3.8, 4) is 11.5 Å². The van der Waals surface area contributed by atoms with E-state index in [1.807, 2.05) is 12.1 Å². The van der Waals surface area contributed by atoms with E-state index in [4.69, 9.17) is 13.9 Å². The lowest BCUT2D eigenvalue weighted by molar-refractivity contribution is 0.0600. The van der Waals surface area contributed by atoms with Crippen LogP contribution in [0.3, 0.4) is 0 Å². The van der Waals surface area contributed by atoms with Crippen molar-refractivity contribution in [1.29, 1.82) is 0 Å². The van der Waals surface area contributed by atoms with Crippen molar-refractivity contribution in [2.24, 2.45) is 5.41 Å². The monoisotopic (exact) mass is 460 g/mol. The van der Waals surface area contributed by atoms with Crippen molar-refractivity contribution in [2.45, 2.75) is 90.2 Å². The molecular formula is C25H40N2O4Si. The van der Waals surface area contributed by atoms with Crippen molar-refractivity contribution in [1.82, 2.24) is 4.90 Å². The van der Waals surface area contributed by atoms with Gasteiger partial charge in [-0.3, -0.25) is 4.79 Å². The molecule has 6 nitrogen and oxygen atoms in total. The molecule has 32 heavy (non-hydrogen) atoms. The maximum atomic E-state index is 13.7. The van der Waals surface area contributed by atoms with Crippen LogP contribution in [0.15, 0.2) is 12.1 Å². The molecule has 2 atom stereocenters. The number of carbonyl (C=O) groups is 1.